The minimum Gasteiger partial charge on any atom is -0.507 e. The van der Waals surface area contributed by atoms with Gasteiger partial charge in [0.25, 0.3) is 0 Å². The van der Waals surface area contributed by atoms with Crippen molar-refractivity contribution in [2.45, 2.75) is 6.04 Å². The summed E-state index contributed by atoms with van der Waals surface area (Å²) in [4.78, 5) is 0. The maximum atomic E-state index is 9.52. The van der Waals surface area contributed by atoms with E-state index in [1.165, 1.54) is 6.07 Å². The maximum Gasteiger partial charge on any atom is 0.124 e. The second kappa shape index (κ2) is 5.52. The van der Waals surface area contributed by atoms with Gasteiger partial charge < -0.3 is 15.6 Å². The molecule has 4 heteroatoms. The van der Waals surface area contributed by atoms with E-state index in [0.717, 1.165) is 0 Å². The summed E-state index contributed by atoms with van der Waals surface area (Å²) in [6.45, 7) is 3.55. The van der Waals surface area contributed by atoms with Crippen LogP contribution in [0.15, 0.2) is 30.9 Å². The van der Waals surface area contributed by atoms with Crippen LogP contribution in [-0.2, 0) is 0 Å². The van der Waals surface area contributed by atoms with Gasteiger partial charge in [-0.2, -0.15) is 0 Å². The fourth-order valence-corrected chi connectivity index (χ4v) is 1.06. The zero-order chi connectivity index (χ0) is 9.84. The summed E-state index contributed by atoms with van der Waals surface area (Å²) >= 11 is 0. The third-order valence-electron chi connectivity index (χ3n) is 1.85. The van der Waals surface area contributed by atoms with E-state index in [1.807, 2.05) is 0 Å². The van der Waals surface area contributed by atoms with E-state index in [-0.39, 0.29) is 24.2 Å². The van der Waals surface area contributed by atoms with Gasteiger partial charge in [-0.1, -0.05) is 6.08 Å². The molecular weight excluding hydrogens is 202 g/mol. The van der Waals surface area contributed by atoms with Crippen molar-refractivity contribution in [2.75, 3.05) is 7.11 Å². The monoisotopic (exact) mass is 215 g/mol. The molecular formula is C10H14ClNO2. The standard InChI is InChI=1S/C10H13NO2.ClH/c1-3-9(11)8-5-4-7(13-2)6-10(8)12;/h3-6,9,12H,1,11H2,2H3;1H/t9-;/m1./s1. The summed E-state index contributed by atoms with van der Waals surface area (Å²) in [5.41, 5.74) is 6.32. The van der Waals surface area contributed by atoms with Crippen LogP contribution in [0.2, 0.25) is 0 Å². The number of rotatable bonds is 3. The summed E-state index contributed by atoms with van der Waals surface area (Å²) in [5, 5.41) is 9.52. The molecule has 0 aromatic heterocycles. The lowest BCUT2D eigenvalue weighted by Crippen LogP contribution is -2.06. The highest BCUT2D eigenvalue weighted by atomic mass is 35.5. The SMILES string of the molecule is C=C[C@@H](N)c1ccc(OC)cc1O.Cl. The van der Waals surface area contributed by atoms with Gasteiger partial charge in [0.05, 0.1) is 13.2 Å². The molecule has 0 heterocycles. The number of hydrogen-bond donors (Lipinski definition) is 2. The van der Waals surface area contributed by atoms with Crippen LogP contribution in [0.25, 0.3) is 0 Å². The molecule has 0 fully saturated rings. The van der Waals surface area contributed by atoms with Crippen molar-refractivity contribution in [3.05, 3.63) is 36.4 Å². The molecule has 14 heavy (non-hydrogen) atoms. The molecule has 3 N–H and O–H groups in total. The second-order valence-corrected chi connectivity index (χ2v) is 2.69. The van der Waals surface area contributed by atoms with Crippen molar-refractivity contribution in [3.63, 3.8) is 0 Å². The molecule has 3 nitrogen and oxygen atoms in total. The number of nitrogens with two attached hydrogens (primary N) is 1. The smallest absolute Gasteiger partial charge is 0.124 e. The van der Waals surface area contributed by atoms with Gasteiger partial charge in [-0.25, -0.2) is 0 Å². The first kappa shape index (κ1) is 12.8. The molecule has 1 aromatic carbocycles. The van der Waals surface area contributed by atoms with Gasteiger partial charge >= 0.3 is 0 Å². The lowest BCUT2D eigenvalue weighted by Gasteiger charge is -2.09. The van der Waals surface area contributed by atoms with Crippen molar-refractivity contribution < 1.29 is 9.84 Å². The van der Waals surface area contributed by atoms with E-state index in [0.29, 0.717) is 11.3 Å². The molecule has 1 rings (SSSR count). The number of phenolic OH excluding ortho intramolecular Hbond substituents is 1. The molecule has 0 aliphatic heterocycles. The average Bonchev–Trinajstić information content (AvgIpc) is 2.16. The second-order valence-electron chi connectivity index (χ2n) is 2.69. The van der Waals surface area contributed by atoms with Crippen LogP contribution in [0.3, 0.4) is 0 Å². The van der Waals surface area contributed by atoms with Gasteiger partial charge in [-0.3, -0.25) is 0 Å². The fraction of sp³-hybridized carbons (Fsp3) is 0.200. The Balaban J connectivity index is 0.00000169. The molecule has 0 spiro atoms. The van der Waals surface area contributed by atoms with Gasteiger partial charge in [0, 0.05) is 11.6 Å². The Bertz CT molecular complexity index is 315. The molecule has 0 amide bonds. The zero-order valence-corrected chi connectivity index (χ0v) is 8.75. The van der Waals surface area contributed by atoms with Crippen LogP contribution in [-0.4, -0.2) is 12.2 Å². The first-order chi connectivity index (χ1) is 6.19. The third-order valence-corrected chi connectivity index (χ3v) is 1.85. The Morgan fingerprint density at radius 3 is 2.64 bits per heavy atom. The van der Waals surface area contributed by atoms with E-state index in [4.69, 9.17) is 10.5 Å². The first-order valence-corrected chi connectivity index (χ1v) is 3.94. The predicted molar refractivity (Wildman–Crippen MR) is 59.0 cm³/mol. The summed E-state index contributed by atoms with van der Waals surface area (Å²) < 4.78 is 4.94. The largest absolute Gasteiger partial charge is 0.507 e. The molecule has 78 valence electrons. The summed E-state index contributed by atoms with van der Waals surface area (Å²) in [7, 11) is 1.54. The Morgan fingerprint density at radius 2 is 2.21 bits per heavy atom. The molecule has 0 saturated carbocycles. The van der Waals surface area contributed by atoms with Crippen LogP contribution in [0.5, 0.6) is 11.5 Å². The van der Waals surface area contributed by atoms with E-state index < -0.39 is 0 Å². The maximum absolute atomic E-state index is 9.52. The van der Waals surface area contributed by atoms with Crippen molar-refractivity contribution in [1.29, 1.82) is 0 Å². The lowest BCUT2D eigenvalue weighted by atomic mass is 10.1. The van der Waals surface area contributed by atoms with Gasteiger partial charge in [-0.15, -0.1) is 19.0 Å². The van der Waals surface area contributed by atoms with Gasteiger partial charge in [-0.05, 0) is 12.1 Å². The number of halogens is 1. The van der Waals surface area contributed by atoms with E-state index in [9.17, 15) is 5.11 Å². The number of methoxy groups -OCH3 is 1. The van der Waals surface area contributed by atoms with Crippen molar-refractivity contribution in [2.24, 2.45) is 5.73 Å². The minimum atomic E-state index is -0.342. The topological polar surface area (TPSA) is 55.5 Å². The Kier molecular flexibility index (Phi) is 5.05. The Hall–Kier alpha value is -1.19. The highest BCUT2D eigenvalue weighted by Gasteiger charge is 2.07. The molecule has 0 unspecified atom stereocenters. The molecule has 1 atom stereocenters. The number of ether oxygens (including phenoxy) is 1. The molecule has 0 aliphatic rings. The van der Waals surface area contributed by atoms with Crippen LogP contribution >= 0.6 is 12.4 Å². The molecule has 0 aliphatic carbocycles. The number of hydrogen-bond acceptors (Lipinski definition) is 3. The van der Waals surface area contributed by atoms with E-state index in [1.54, 1.807) is 25.3 Å². The van der Waals surface area contributed by atoms with Crippen LogP contribution in [0, 0.1) is 0 Å². The molecule has 0 bridgehead atoms. The highest BCUT2D eigenvalue weighted by Crippen LogP contribution is 2.27. The Labute approximate surface area is 89.6 Å². The highest BCUT2D eigenvalue weighted by molar-refractivity contribution is 5.85. The minimum absolute atomic E-state index is 0. The predicted octanol–water partition coefficient (Wildman–Crippen LogP) is 2.01. The molecule has 0 saturated heterocycles. The normalized spacial score (nSPS) is 11.3. The van der Waals surface area contributed by atoms with Gasteiger partial charge in [0.2, 0.25) is 0 Å². The lowest BCUT2D eigenvalue weighted by molar-refractivity contribution is 0.406. The quantitative estimate of drug-likeness (QED) is 0.759. The van der Waals surface area contributed by atoms with E-state index in [2.05, 4.69) is 6.58 Å². The summed E-state index contributed by atoms with van der Waals surface area (Å²) in [5.74, 6) is 0.740. The van der Waals surface area contributed by atoms with Crippen LogP contribution in [0.4, 0.5) is 0 Å². The van der Waals surface area contributed by atoms with Crippen molar-refractivity contribution >= 4 is 12.4 Å². The summed E-state index contributed by atoms with van der Waals surface area (Å²) in [6, 6.07) is 4.66. The van der Waals surface area contributed by atoms with Crippen molar-refractivity contribution in [3.8, 4) is 11.5 Å². The fourth-order valence-electron chi connectivity index (χ4n) is 1.06. The molecule has 0 radical (unpaired) electrons. The number of benzene rings is 1. The Morgan fingerprint density at radius 1 is 1.57 bits per heavy atom. The summed E-state index contributed by atoms with van der Waals surface area (Å²) in [6.07, 6.45) is 1.57. The van der Waals surface area contributed by atoms with Crippen LogP contribution in [0.1, 0.15) is 11.6 Å². The zero-order valence-electron chi connectivity index (χ0n) is 7.93. The molecule has 1 aromatic rings. The number of phenols is 1. The van der Waals surface area contributed by atoms with Gasteiger partial charge in [0.15, 0.2) is 0 Å². The third kappa shape index (κ3) is 2.65. The van der Waals surface area contributed by atoms with Crippen LogP contribution < -0.4 is 10.5 Å². The average molecular weight is 216 g/mol. The van der Waals surface area contributed by atoms with Crippen molar-refractivity contribution in [1.82, 2.24) is 0 Å². The first-order valence-electron chi connectivity index (χ1n) is 3.94. The van der Waals surface area contributed by atoms with Gasteiger partial charge in [0.1, 0.15) is 11.5 Å². The number of aromatic hydroxyl groups is 1. The van der Waals surface area contributed by atoms with E-state index >= 15 is 0 Å².